The highest BCUT2D eigenvalue weighted by Crippen LogP contribution is 2.28. The Hall–Kier alpha value is -2.10. The molecule has 0 aliphatic carbocycles. The second-order valence-electron chi connectivity index (χ2n) is 5.29. The molecule has 2 aromatic carbocycles. The molecule has 1 N–H and O–H groups in total. The molecule has 3 aromatic rings. The normalized spacial score (nSPS) is 12.1. The molecule has 5 heteroatoms. The van der Waals surface area contributed by atoms with E-state index < -0.39 is 0 Å². The summed E-state index contributed by atoms with van der Waals surface area (Å²) in [5.41, 5.74) is 1.50. The molecule has 0 radical (unpaired) electrons. The van der Waals surface area contributed by atoms with Crippen LogP contribution in [0, 0.1) is 0 Å². The van der Waals surface area contributed by atoms with Gasteiger partial charge in [-0.3, -0.25) is 9.78 Å². The first kappa shape index (κ1) is 15.8. The lowest BCUT2D eigenvalue weighted by Crippen LogP contribution is -2.19. The number of halogens is 2. The second kappa shape index (κ2) is 6.57. The molecule has 0 saturated heterocycles. The molecule has 1 atom stereocenters. The summed E-state index contributed by atoms with van der Waals surface area (Å²) in [4.78, 5) is 16.7. The van der Waals surface area contributed by atoms with Crippen molar-refractivity contribution in [3.63, 3.8) is 0 Å². The number of carbonyl (C=O) groups is 1. The van der Waals surface area contributed by atoms with E-state index in [1.54, 1.807) is 30.6 Å². The summed E-state index contributed by atoms with van der Waals surface area (Å²) in [5, 5.41) is 5.79. The first-order chi connectivity index (χ1) is 11.1. The van der Waals surface area contributed by atoms with Crippen molar-refractivity contribution in [3.05, 3.63) is 70.5 Å². The molecule has 23 heavy (non-hydrogen) atoms. The standard InChI is InChI=1S/C18H14Cl2N2O/c1-11(12-6-7-15(19)16(20)8-12)18(23)22-17-10-21-9-13-4-2-3-5-14(13)17/h2-11H,1H3,(H,22,23). The summed E-state index contributed by atoms with van der Waals surface area (Å²) in [5.74, 6) is -0.481. The lowest BCUT2D eigenvalue weighted by molar-refractivity contribution is -0.117. The number of anilines is 1. The van der Waals surface area contributed by atoms with E-state index >= 15 is 0 Å². The third kappa shape index (κ3) is 3.31. The zero-order chi connectivity index (χ0) is 16.4. The van der Waals surface area contributed by atoms with Crippen LogP contribution in [0.5, 0.6) is 0 Å². The topological polar surface area (TPSA) is 42.0 Å². The molecule has 1 aromatic heterocycles. The molecule has 1 heterocycles. The second-order valence-corrected chi connectivity index (χ2v) is 6.11. The molecule has 1 amide bonds. The number of hydrogen-bond acceptors (Lipinski definition) is 2. The SMILES string of the molecule is CC(C(=O)Nc1cncc2ccccc12)c1ccc(Cl)c(Cl)c1. The fraction of sp³-hybridized carbons (Fsp3) is 0.111. The predicted octanol–water partition coefficient (Wildman–Crippen LogP) is 5.28. The van der Waals surface area contributed by atoms with Gasteiger partial charge in [0.2, 0.25) is 5.91 Å². The van der Waals surface area contributed by atoms with Crippen molar-refractivity contribution < 1.29 is 4.79 Å². The van der Waals surface area contributed by atoms with Crippen LogP contribution in [0.15, 0.2) is 54.9 Å². The van der Waals surface area contributed by atoms with Gasteiger partial charge in [0.15, 0.2) is 0 Å². The van der Waals surface area contributed by atoms with Crippen LogP contribution in [0.2, 0.25) is 10.0 Å². The maximum Gasteiger partial charge on any atom is 0.231 e. The summed E-state index contributed by atoms with van der Waals surface area (Å²) in [6, 6.07) is 13.0. The number of fused-ring (bicyclic) bond motifs is 1. The Morgan fingerprint density at radius 1 is 1.09 bits per heavy atom. The Morgan fingerprint density at radius 2 is 1.87 bits per heavy atom. The zero-order valence-corrected chi connectivity index (χ0v) is 13.9. The fourth-order valence-electron chi connectivity index (χ4n) is 2.39. The van der Waals surface area contributed by atoms with Crippen LogP contribution in [0.25, 0.3) is 10.8 Å². The number of benzene rings is 2. The van der Waals surface area contributed by atoms with Crippen LogP contribution in [0.4, 0.5) is 5.69 Å². The molecule has 0 saturated carbocycles. The van der Waals surface area contributed by atoms with Gasteiger partial charge >= 0.3 is 0 Å². The maximum atomic E-state index is 12.5. The quantitative estimate of drug-likeness (QED) is 0.701. The summed E-state index contributed by atoms with van der Waals surface area (Å²) < 4.78 is 0. The largest absolute Gasteiger partial charge is 0.324 e. The molecule has 3 rings (SSSR count). The summed E-state index contributed by atoms with van der Waals surface area (Å²) in [7, 11) is 0. The minimum Gasteiger partial charge on any atom is -0.324 e. The smallest absolute Gasteiger partial charge is 0.231 e. The van der Waals surface area contributed by atoms with Crippen LogP contribution in [0.1, 0.15) is 18.4 Å². The van der Waals surface area contributed by atoms with Gasteiger partial charge in [0, 0.05) is 17.0 Å². The van der Waals surface area contributed by atoms with Crippen molar-refractivity contribution in [2.75, 3.05) is 5.32 Å². The number of amides is 1. The first-order valence-corrected chi connectivity index (χ1v) is 7.90. The van der Waals surface area contributed by atoms with Crippen molar-refractivity contribution in [1.29, 1.82) is 0 Å². The zero-order valence-electron chi connectivity index (χ0n) is 12.4. The summed E-state index contributed by atoms with van der Waals surface area (Å²) >= 11 is 11.9. The first-order valence-electron chi connectivity index (χ1n) is 7.15. The minimum absolute atomic E-state index is 0.124. The number of rotatable bonds is 3. The van der Waals surface area contributed by atoms with Gasteiger partial charge in [0.25, 0.3) is 0 Å². The Balaban J connectivity index is 1.86. The molecule has 0 spiro atoms. The average molecular weight is 345 g/mol. The van der Waals surface area contributed by atoms with Gasteiger partial charge in [-0.2, -0.15) is 0 Å². The monoisotopic (exact) mass is 344 g/mol. The predicted molar refractivity (Wildman–Crippen MR) is 95.2 cm³/mol. The van der Waals surface area contributed by atoms with E-state index in [1.165, 1.54) is 0 Å². The average Bonchev–Trinajstić information content (AvgIpc) is 2.57. The molecule has 0 bridgehead atoms. The number of hydrogen-bond donors (Lipinski definition) is 1. The van der Waals surface area contributed by atoms with Gasteiger partial charge in [-0.25, -0.2) is 0 Å². The lowest BCUT2D eigenvalue weighted by Gasteiger charge is -2.14. The number of aromatic nitrogens is 1. The Morgan fingerprint density at radius 3 is 2.65 bits per heavy atom. The van der Waals surface area contributed by atoms with Crippen molar-refractivity contribution in [3.8, 4) is 0 Å². The van der Waals surface area contributed by atoms with Gasteiger partial charge < -0.3 is 5.32 Å². The molecule has 0 fully saturated rings. The maximum absolute atomic E-state index is 12.5. The molecule has 0 aliphatic rings. The molecular formula is C18H14Cl2N2O. The van der Waals surface area contributed by atoms with Crippen LogP contribution in [-0.2, 0) is 4.79 Å². The fourth-order valence-corrected chi connectivity index (χ4v) is 2.70. The van der Waals surface area contributed by atoms with Crippen molar-refractivity contribution in [2.45, 2.75) is 12.8 Å². The molecular weight excluding hydrogens is 331 g/mol. The van der Waals surface area contributed by atoms with Gasteiger partial charge in [-0.1, -0.05) is 53.5 Å². The van der Waals surface area contributed by atoms with E-state index in [0.717, 1.165) is 16.3 Å². The van der Waals surface area contributed by atoms with E-state index in [-0.39, 0.29) is 11.8 Å². The molecule has 3 nitrogen and oxygen atoms in total. The van der Waals surface area contributed by atoms with Crippen molar-refractivity contribution in [2.24, 2.45) is 0 Å². The number of carbonyl (C=O) groups excluding carboxylic acids is 1. The number of nitrogens with zero attached hydrogens (tertiary/aromatic N) is 1. The van der Waals surface area contributed by atoms with Crippen molar-refractivity contribution >= 4 is 45.6 Å². The minimum atomic E-state index is -0.358. The van der Waals surface area contributed by atoms with E-state index in [1.807, 2.05) is 31.2 Å². The van der Waals surface area contributed by atoms with Crippen LogP contribution < -0.4 is 5.32 Å². The Bertz CT molecular complexity index is 875. The highest BCUT2D eigenvalue weighted by atomic mass is 35.5. The van der Waals surface area contributed by atoms with E-state index in [2.05, 4.69) is 10.3 Å². The highest BCUT2D eigenvalue weighted by molar-refractivity contribution is 6.42. The van der Waals surface area contributed by atoms with E-state index in [9.17, 15) is 4.79 Å². The van der Waals surface area contributed by atoms with Gasteiger partial charge in [-0.05, 0) is 24.6 Å². The van der Waals surface area contributed by atoms with Crippen molar-refractivity contribution in [1.82, 2.24) is 4.98 Å². The molecule has 116 valence electrons. The van der Waals surface area contributed by atoms with Crippen LogP contribution in [0.3, 0.4) is 0 Å². The highest BCUT2D eigenvalue weighted by Gasteiger charge is 2.17. The summed E-state index contributed by atoms with van der Waals surface area (Å²) in [6.07, 6.45) is 3.43. The van der Waals surface area contributed by atoms with Crippen LogP contribution in [-0.4, -0.2) is 10.9 Å². The molecule has 1 unspecified atom stereocenters. The third-order valence-electron chi connectivity index (χ3n) is 3.76. The number of nitrogens with one attached hydrogen (secondary N) is 1. The number of pyridine rings is 1. The van der Waals surface area contributed by atoms with Crippen LogP contribution >= 0.6 is 23.2 Å². The van der Waals surface area contributed by atoms with Gasteiger partial charge in [-0.15, -0.1) is 0 Å². The Kier molecular flexibility index (Phi) is 4.51. The summed E-state index contributed by atoms with van der Waals surface area (Å²) in [6.45, 7) is 1.83. The van der Waals surface area contributed by atoms with Gasteiger partial charge in [0.05, 0.1) is 27.8 Å². The Labute approximate surface area is 144 Å². The molecule has 0 aliphatic heterocycles. The third-order valence-corrected chi connectivity index (χ3v) is 4.50. The van der Waals surface area contributed by atoms with Gasteiger partial charge in [0.1, 0.15) is 0 Å². The van der Waals surface area contributed by atoms with E-state index in [4.69, 9.17) is 23.2 Å². The van der Waals surface area contributed by atoms with E-state index in [0.29, 0.717) is 15.7 Å². The lowest BCUT2D eigenvalue weighted by atomic mass is 10.00.